The molecule has 4 amide bonds. The van der Waals surface area contributed by atoms with Crippen LogP contribution in [0.2, 0.25) is 0 Å². The first-order chi connectivity index (χ1) is 29.5. The highest BCUT2D eigenvalue weighted by molar-refractivity contribution is 6.01. The summed E-state index contributed by atoms with van der Waals surface area (Å²) in [5, 5.41) is 34.2. The number of nitrogens with one attached hydrogen (secondary N) is 5. The summed E-state index contributed by atoms with van der Waals surface area (Å²) >= 11 is 0. The minimum absolute atomic E-state index is 0.0176. The van der Waals surface area contributed by atoms with Crippen LogP contribution in [0.25, 0.3) is 22.0 Å². The average Bonchev–Trinajstić information content (AvgIpc) is 4.02. The molecule has 1 aliphatic carbocycles. The second-order valence-corrected chi connectivity index (χ2v) is 17.0. The first-order valence-corrected chi connectivity index (χ1v) is 21.3. The van der Waals surface area contributed by atoms with E-state index in [0.717, 1.165) is 22.3 Å². The average molecular weight is 866 g/mol. The largest absolute Gasteiger partial charge is 0.391 e. The quantitative estimate of drug-likeness (QED) is 0.106. The maximum atomic E-state index is 14.9. The Bertz CT molecular complexity index is 2180. The lowest BCUT2D eigenvalue weighted by atomic mass is 9.92. The maximum absolute atomic E-state index is 14.9. The summed E-state index contributed by atoms with van der Waals surface area (Å²) in [7, 11) is 6.18. The second-order valence-electron chi connectivity index (χ2n) is 17.0. The number of ether oxygens (including phenoxy) is 2. The number of likely N-dealkylation sites (tertiary alicyclic amines) is 2. The van der Waals surface area contributed by atoms with Crippen LogP contribution in [-0.4, -0.2) is 151 Å². The van der Waals surface area contributed by atoms with Gasteiger partial charge < -0.3 is 55.7 Å². The monoisotopic (exact) mass is 865 g/mol. The molecule has 6 rings (SSSR count). The highest BCUT2D eigenvalue weighted by Crippen LogP contribution is 2.45. The van der Waals surface area contributed by atoms with Gasteiger partial charge in [0.2, 0.25) is 23.6 Å². The molecule has 3 aromatic rings. The third-order valence-electron chi connectivity index (χ3n) is 13.0. The van der Waals surface area contributed by atoms with E-state index in [1.54, 1.807) is 63.7 Å². The zero-order valence-electron chi connectivity index (χ0n) is 36.7. The van der Waals surface area contributed by atoms with E-state index in [2.05, 4.69) is 26.3 Å². The number of nitrogens with zero attached hydrogens (tertiary/aromatic N) is 2. The number of aliphatic hydroxyl groups is 2. The van der Waals surface area contributed by atoms with E-state index in [9.17, 15) is 38.2 Å². The zero-order valence-corrected chi connectivity index (χ0v) is 36.7. The van der Waals surface area contributed by atoms with Crippen molar-refractivity contribution in [1.82, 2.24) is 36.1 Å². The molecule has 2 saturated heterocycles. The van der Waals surface area contributed by atoms with Crippen LogP contribution in [0.15, 0.2) is 36.4 Å². The molecular formula is C45H61F2N7O8. The van der Waals surface area contributed by atoms with Gasteiger partial charge in [-0.05, 0) is 126 Å². The van der Waals surface area contributed by atoms with Crippen LogP contribution in [0.1, 0.15) is 69.3 Å². The fourth-order valence-electron chi connectivity index (χ4n) is 9.02. The van der Waals surface area contributed by atoms with Crippen molar-refractivity contribution in [2.45, 2.75) is 120 Å². The second kappa shape index (κ2) is 19.7. The minimum atomic E-state index is -1.06. The molecule has 7 N–H and O–H groups in total. The van der Waals surface area contributed by atoms with Gasteiger partial charge in [0, 0.05) is 62.4 Å². The van der Waals surface area contributed by atoms with Crippen molar-refractivity contribution in [1.29, 1.82) is 0 Å². The van der Waals surface area contributed by atoms with Crippen molar-refractivity contribution in [3.63, 3.8) is 0 Å². The van der Waals surface area contributed by atoms with Crippen molar-refractivity contribution < 1.29 is 47.6 Å². The van der Waals surface area contributed by atoms with Gasteiger partial charge >= 0.3 is 0 Å². The summed E-state index contributed by atoms with van der Waals surface area (Å²) in [6.07, 6.45) is -1.88. The fourth-order valence-corrected chi connectivity index (χ4v) is 9.02. The lowest BCUT2D eigenvalue weighted by Gasteiger charge is -2.32. The number of aliphatic hydroxyl groups excluding tert-OH is 2. The molecule has 3 aliphatic rings. The standard InChI is InChI=1S/C45H61F2N7O8/c1-22(48-5)42(57)51-39(24(3)61-7)44(59)53-20-31(55)16-29(53)18-35-33-11-9-27(46)13-26(33)14-36(35)41-37(34-12-10-28(47)15-38(34)50-41)19-30-17-32(56)21-54(30)45(60)40(25(4)62-8)52-43(58)23(2)49-6/h9-13,15,22-25,29-32,39-40,48-50,55-56H,14,16-21H2,1-8H3,(H,51,57)(H,52,58)/t22-,23-,24+,25+,29-,30-,31-,32-,39-,40-/m0/s1. The molecule has 2 aromatic carbocycles. The summed E-state index contributed by atoms with van der Waals surface area (Å²) in [6, 6.07) is 4.61. The number of hydrogen-bond acceptors (Lipinski definition) is 10. The number of aromatic amines is 1. The van der Waals surface area contributed by atoms with Gasteiger partial charge in [0.25, 0.3) is 0 Å². The van der Waals surface area contributed by atoms with Crippen LogP contribution in [-0.2, 0) is 41.5 Å². The number of methoxy groups -OCH3 is 2. The lowest BCUT2D eigenvalue weighted by molar-refractivity contribution is -0.141. The van der Waals surface area contributed by atoms with Gasteiger partial charge in [-0.3, -0.25) is 19.2 Å². The Morgan fingerprint density at radius 3 is 1.79 bits per heavy atom. The number of carbonyl (C=O) groups excluding carboxylic acids is 4. The molecule has 0 unspecified atom stereocenters. The third-order valence-corrected chi connectivity index (χ3v) is 13.0. The molecule has 0 bridgehead atoms. The number of aromatic nitrogens is 1. The number of β-amino-alcohol motifs (C(OH)–C–C–N with tert-alkyl or cyclic N) is 2. The topological polar surface area (TPSA) is 198 Å². The van der Waals surface area contributed by atoms with Crippen LogP contribution >= 0.6 is 0 Å². The van der Waals surface area contributed by atoms with Crippen LogP contribution in [0, 0.1) is 11.6 Å². The van der Waals surface area contributed by atoms with Gasteiger partial charge in [0.15, 0.2) is 0 Å². The normalized spacial score (nSPS) is 23.0. The molecule has 62 heavy (non-hydrogen) atoms. The van der Waals surface area contributed by atoms with Crippen LogP contribution in [0.5, 0.6) is 0 Å². The maximum Gasteiger partial charge on any atom is 0.248 e. The molecule has 338 valence electrons. The Hall–Kier alpha value is -4.78. The molecule has 2 aliphatic heterocycles. The van der Waals surface area contributed by atoms with Gasteiger partial charge in [-0.1, -0.05) is 6.07 Å². The number of H-pyrrole nitrogens is 1. The summed E-state index contributed by atoms with van der Waals surface area (Å²) < 4.78 is 40.9. The number of amides is 4. The van der Waals surface area contributed by atoms with Crippen LogP contribution < -0.4 is 21.3 Å². The van der Waals surface area contributed by atoms with E-state index in [0.29, 0.717) is 22.2 Å². The Balaban J connectivity index is 1.41. The number of benzene rings is 2. The predicted octanol–water partition coefficient (Wildman–Crippen LogP) is 2.02. The number of likely N-dealkylation sites (N-methyl/N-ethyl adjacent to an activating group) is 2. The molecule has 3 heterocycles. The molecule has 0 radical (unpaired) electrons. The summed E-state index contributed by atoms with van der Waals surface area (Å²) in [5.74, 6) is -2.52. The Labute approximate surface area is 360 Å². The van der Waals surface area contributed by atoms with Crippen molar-refractivity contribution in [3.8, 4) is 0 Å². The first kappa shape index (κ1) is 46.7. The Morgan fingerprint density at radius 1 is 0.774 bits per heavy atom. The molecule has 17 heteroatoms. The van der Waals surface area contributed by atoms with Crippen molar-refractivity contribution in [3.05, 3.63) is 70.4 Å². The molecular weight excluding hydrogens is 805 g/mol. The van der Waals surface area contributed by atoms with Gasteiger partial charge in [-0.25, -0.2) is 8.78 Å². The van der Waals surface area contributed by atoms with Gasteiger partial charge in [-0.2, -0.15) is 0 Å². The molecule has 10 atom stereocenters. The zero-order chi connectivity index (χ0) is 45.2. The van der Waals surface area contributed by atoms with E-state index in [1.165, 1.54) is 38.5 Å². The van der Waals surface area contributed by atoms with Gasteiger partial charge in [-0.15, -0.1) is 0 Å². The van der Waals surface area contributed by atoms with Crippen molar-refractivity contribution in [2.75, 3.05) is 41.4 Å². The van der Waals surface area contributed by atoms with E-state index in [4.69, 9.17) is 9.47 Å². The number of allylic oxidation sites excluding steroid dienone is 1. The smallest absolute Gasteiger partial charge is 0.248 e. The van der Waals surface area contributed by atoms with E-state index in [1.807, 2.05) is 0 Å². The van der Waals surface area contributed by atoms with Gasteiger partial charge in [0.1, 0.15) is 23.7 Å². The van der Waals surface area contributed by atoms with E-state index in [-0.39, 0.29) is 45.2 Å². The number of hydrogen-bond donors (Lipinski definition) is 7. The fraction of sp³-hybridized carbons (Fsp3) is 0.556. The van der Waals surface area contributed by atoms with Crippen LogP contribution in [0.4, 0.5) is 8.78 Å². The molecule has 15 nitrogen and oxygen atoms in total. The molecule has 0 saturated carbocycles. The first-order valence-electron chi connectivity index (χ1n) is 21.3. The molecule has 2 fully saturated rings. The predicted molar refractivity (Wildman–Crippen MR) is 230 cm³/mol. The number of carbonyl (C=O) groups is 4. The SMILES string of the molecule is CN[C@@H](C)C(=O)N[C@H](C(=O)N1C[C@@H](O)C[C@H]1CC1=C(c2[nH]c3cc(F)ccc3c2C[C@@H]2C[C@H](O)CN2C(=O)[C@@H](NC(=O)[C@H](C)NC)[C@@H](C)OC)Cc2cc(F)ccc21)[C@@H](C)OC. The van der Waals surface area contributed by atoms with Crippen molar-refractivity contribution >= 4 is 45.7 Å². The lowest BCUT2D eigenvalue weighted by Crippen LogP contribution is -2.58. The number of rotatable bonds is 17. The molecule has 1 aromatic heterocycles. The number of halogens is 2. The molecule has 0 spiro atoms. The van der Waals surface area contributed by atoms with Gasteiger partial charge in [0.05, 0.1) is 36.5 Å². The van der Waals surface area contributed by atoms with Crippen LogP contribution in [0.3, 0.4) is 0 Å². The summed E-state index contributed by atoms with van der Waals surface area (Å²) in [4.78, 5) is 61.4. The highest BCUT2D eigenvalue weighted by Gasteiger charge is 2.43. The number of fused-ring (bicyclic) bond motifs is 2. The summed E-state index contributed by atoms with van der Waals surface area (Å²) in [6.45, 7) is 6.76. The Morgan fingerprint density at radius 2 is 1.27 bits per heavy atom. The Kier molecular flexibility index (Phi) is 14.9. The van der Waals surface area contributed by atoms with E-state index < -0.39 is 95.9 Å². The van der Waals surface area contributed by atoms with E-state index >= 15 is 0 Å². The van der Waals surface area contributed by atoms with Crippen molar-refractivity contribution in [2.24, 2.45) is 0 Å². The third kappa shape index (κ3) is 9.72. The highest BCUT2D eigenvalue weighted by atomic mass is 19.1. The summed E-state index contributed by atoms with van der Waals surface area (Å²) in [5.41, 5.74) is 4.92. The minimum Gasteiger partial charge on any atom is -0.391 e.